The van der Waals surface area contributed by atoms with Crippen molar-refractivity contribution >= 4 is 22.6 Å². The molecule has 0 fully saturated rings. The Bertz CT molecular complexity index is 932. The number of carbonyl (C=O) groups excluding carboxylic acids is 1. The molecule has 2 aromatic carbocycles. The third kappa shape index (κ3) is 4.19. The summed E-state index contributed by atoms with van der Waals surface area (Å²) in [6, 6.07) is 17.9. The number of nitrogens with two attached hydrogens (primary N) is 2. The van der Waals surface area contributed by atoms with Gasteiger partial charge in [-0.3, -0.25) is 10.2 Å². The zero-order valence-electron chi connectivity index (χ0n) is 15.4. The molecule has 139 valence electrons. The van der Waals surface area contributed by atoms with Crippen molar-refractivity contribution in [3.05, 3.63) is 77.8 Å². The van der Waals surface area contributed by atoms with E-state index in [9.17, 15) is 4.79 Å². The number of rotatable bonds is 8. The van der Waals surface area contributed by atoms with Gasteiger partial charge in [0.25, 0.3) is 0 Å². The summed E-state index contributed by atoms with van der Waals surface area (Å²) in [6.45, 7) is 1.95. The molecule has 5 nitrogen and oxygen atoms in total. The number of carbonyl (C=O) groups is 1. The molecule has 1 radical (unpaired) electrons. The fraction of sp³-hybridized carbons (Fsp3) is 0.227. The lowest BCUT2D eigenvalue weighted by atomic mass is 9.74. The lowest BCUT2D eigenvalue weighted by Gasteiger charge is -2.29. The van der Waals surface area contributed by atoms with Gasteiger partial charge >= 0.3 is 0 Å². The van der Waals surface area contributed by atoms with Crippen molar-refractivity contribution in [2.24, 2.45) is 17.4 Å². The highest BCUT2D eigenvalue weighted by Crippen LogP contribution is 2.38. The quantitative estimate of drug-likeness (QED) is 0.364. The second-order valence-corrected chi connectivity index (χ2v) is 6.99. The van der Waals surface area contributed by atoms with Crippen molar-refractivity contribution in [3.63, 3.8) is 0 Å². The van der Waals surface area contributed by atoms with Crippen LogP contribution in [-0.2, 0) is 11.2 Å². The average molecular weight is 361 g/mol. The third-order valence-corrected chi connectivity index (χ3v) is 5.11. The Morgan fingerprint density at radius 2 is 1.74 bits per heavy atom. The molecule has 6 N–H and O–H groups in total. The number of fused-ring (bicyclic) bond motifs is 1. The Morgan fingerprint density at radius 1 is 1.07 bits per heavy atom. The number of hydrogen-bond acceptors (Lipinski definition) is 2. The van der Waals surface area contributed by atoms with Gasteiger partial charge < -0.3 is 16.5 Å². The number of H-pyrrole nitrogens is 1. The minimum atomic E-state index is -0.533. The molecule has 0 saturated carbocycles. The number of aromatic amines is 1. The molecule has 2 atom stereocenters. The number of amides is 1. The number of primary amides is 1. The van der Waals surface area contributed by atoms with Gasteiger partial charge in [0.2, 0.25) is 5.91 Å². The zero-order valence-corrected chi connectivity index (χ0v) is 15.4. The number of nitrogens with one attached hydrogen (secondary N) is 2. The normalized spacial score (nSPS) is 13.6. The molecule has 1 amide bonds. The van der Waals surface area contributed by atoms with Crippen molar-refractivity contribution < 1.29 is 4.79 Å². The number of para-hydroxylation sites is 1. The van der Waals surface area contributed by atoms with Gasteiger partial charge in [0, 0.05) is 23.5 Å². The van der Waals surface area contributed by atoms with Crippen LogP contribution in [0.25, 0.3) is 10.9 Å². The van der Waals surface area contributed by atoms with E-state index < -0.39 is 5.92 Å². The summed E-state index contributed by atoms with van der Waals surface area (Å²) in [5.74, 6) is 0.0767. The standard InChI is InChI=1S/C22H25N4O/c1-14(16(12-20(23)24)11-15-7-3-2-4-8-15)21(22(25)27)18-13-26-19-10-6-5-9-17(18)19/h2-10,13,16,21,26H,11-12H2,1H3,(H3,23,24)(H2,25,27). The van der Waals surface area contributed by atoms with Gasteiger partial charge in [-0.25, -0.2) is 0 Å². The van der Waals surface area contributed by atoms with Gasteiger partial charge in [-0.1, -0.05) is 55.5 Å². The van der Waals surface area contributed by atoms with Gasteiger partial charge in [0.1, 0.15) is 0 Å². The van der Waals surface area contributed by atoms with Gasteiger partial charge in [-0.2, -0.15) is 0 Å². The second-order valence-electron chi connectivity index (χ2n) is 6.99. The van der Waals surface area contributed by atoms with Gasteiger partial charge in [-0.05, 0) is 35.4 Å². The second kappa shape index (κ2) is 8.08. The molecule has 1 aromatic heterocycles. The van der Waals surface area contributed by atoms with Crippen LogP contribution in [0.3, 0.4) is 0 Å². The maximum Gasteiger partial charge on any atom is 0.225 e. The van der Waals surface area contributed by atoms with Crippen LogP contribution in [0.5, 0.6) is 0 Å². The third-order valence-electron chi connectivity index (χ3n) is 5.11. The summed E-state index contributed by atoms with van der Waals surface area (Å²) in [6.07, 6.45) is 2.96. The zero-order chi connectivity index (χ0) is 19.4. The average Bonchev–Trinajstić information content (AvgIpc) is 3.05. The number of amidine groups is 1. The summed E-state index contributed by atoms with van der Waals surface area (Å²) < 4.78 is 0. The molecule has 0 aliphatic heterocycles. The van der Waals surface area contributed by atoms with Crippen molar-refractivity contribution in [3.8, 4) is 0 Å². The first-order chi connectivity index (χ1) is 13.0. The maximum atomic E-state index is 12.4. The molecular formula is C22H25N4O. The predicted octanol–water partition coefficient (Wildman–Crippen LogP) is 3.52. The van der Waals surface area contributed by atoms with Crippen LogP contribution in [0, 0.1) is 17.2 Å². The highest BCUT2D eigenvalue weighted by Gasteiger charge is 2.33. The van der Waals surface area contributed by atoms with E-state index in [2.05, 4.69) is 4.98 Å². The predicted molar refractivity (Wildman–Crippen MR) is 109 cm³/mol. The van der Waals surface area contributed by atoms with E-state index in [4.69, 9.17) is 16.9 Å². The highest BCUT2D eigenvalue weighted by atomic mass is 16.1. The molecule has 3 aromatic rings. The van der Waals surface area contributed by atoms with Crippen molar-refractivity contribution in [1.29, 1.82) is 5.41 Å². The van der Waals surface area contributed by atoms with Crippen molar-refractivity contribution in [2.45, 2.75) is 25.7 Å². The van der Waals surface area contributed by atoms with Crippen LogP contribution in [0.1, 0.15) is 30.4 Å². The first-order valence-electron chi connectivity index (χ1n) is 9.03. The van der Waals surface area contributed by atoms with E-state index in [0.29, 0.717) is 12.8 Å². The molecule has 2 unspecified atom stereocenters. The summed E-state index contributed by atoms with van der Waals surface area (Å²) in [5.41, 5.74) is 14.5. The lowest BCUT2D eigenvalue weighted by Crippen LogP contribution is -2.32. The molecule has 0 aliphatic rings. The van der Waals surface area contributed by atoms with Crippen LogP contribution >= 0.6 is 0 Å². The molecule has 5 heteroatoms. The molecule has 0 spiro atoms. The maximum absolute atomic E-state index is 12.4. The van der Waals surface area contributed by atoms with Crippen LogP contribution in [0.2, 0.25) is 0 Å². The smallest absolute Gasteiger partial charge is 0.225 e. The van der Waals surface area contributed by atoms with E-state index >= 15 is 0 Å². The van der Waals surface area contributed by atoms with E-state index in [-0.39, 0.29) is 17.7 Å². The molecule has 0 aliphatic carbocycles. The Morgan fingerprint density at radius 3 is 2.41 bits per heavy atom. The topological polar surface area (TPSA) is 109 Å². The first kappa shape index (κ1) is 18.7. The van der Waals surface area contributed by atoms with Crippen LogP contribution in [0.15, 0.2) is 60.8 Å². The van der Waals surface area contributed by atoms with Crippen LogP contribution in [0.4, 0.5) is 0 Å². The van der Waals surface area contributed by atoms with Crippen LogP contribution < -0.4 is 11.5 Å². The van der Waals surface area contributed by atoms with Gasteiger partial charge in [0.05, 0.1) is 11.8 Å². The summed E-state index contributed by atoms with van der Waals surface area (Å²) >= 11 is 0. The number of benzene rings is 2. The summed E-state index contributed by atoms with van der Waals surface area (Å²) in [7, 11) is 0. The van der Waals surface area contributed by atoms with Crippen molar-refractivity contribution in [1.82, 2.24) is 4.98 Å². The SMILES string of the molecule is C[C](C(CC(=N)N)Cc1ccccc1)C(C(N)=O)c1c[nH]c2ccccc12. The Hall–Kier alpha value is -3.08. The number of aromatic nitrogens is 1. The van der Waals surface area contributed by atoms with Crippen LogP contribution in [-0.4, -0.2) is 16.7 Å². The molecular weight excluding hydrogens is 336 g/mol. The Balaban J connectivity index is 1.96. The Labute approximate surface area is 159 Å². The minimum absolute atomic E-state index is 0.0453. The Kier molecular flexibility index (Phi) is 5.60. The molecule has 0 bridgehead atoms. The highest BCUT2D eigenvalue weighted by molar-refractivity contribution is 5.93. The van der Waals surface area contributed by atoms with E-state index in [1.807, 2.05) is 67.7 Å². The molecule has 27 heavy (non-hydrogen) atoms. The summed E-state index contributed by atoms with van der Waals surface area (Å²) in [4.78, 5) is 15.6. The molecule has 1 heterocycles. The van der Waals surface area contributed by atoms with Crippen molar-refractivity contribution in [2.75, 3.05) is 0 Å². The fourth-order valence-electron chi connectivity index (χ4n) is 3.75. The molecule has 3 rings (SSSR count). The van der Waals surface area contributed by atoms with Gasteiger partial charge in [-0.15, -0.1) is 0 Å². The van der Waals surface area contributed by atoms with E-state index in [1.165, 1.54) is 0 Å². The largest absolute Gasteiger partial charge is 0.388 e. The van der Waals surface area contributed by atoms with Gasteiger partial charge in [0.15, 0.2) is 0 Å². The van der Waals surface area contributed by atoms with E-state index in [1.54, 1.807) is 0 Å². The summed E-state index contributed by atoms with van der Waals surface area (Å²) in [5, 5.41) is 8.77. The molecule has 0 saturated heterocycles. The first-order valence-corrected chi connectivity index (χ1v) is 9.03. The number of hydrogen-bond donors (Lipinski definition) is 4. The minimum Gasteiger partial charge on any atom is -0.388 e. The monoisotopic (exact) mass is 361 g/mol. The fourth-order valence-corrected chi connectivity index (χ4v) is 3.75. The lowest BCUT2D eigenvalue weighted by molar-refractivity contribution is -0.119. The van der Waals surface area contributed by atoms with E-state index in [0.717, 1.165) is 27.9 Å².